The Hall–Kier alpha value is -2.32. The Morgan fingerprint density at radius 3 is 2.65 bits per heavy atom. The normalized spacial score (nSPS) is 19.2. The molecule has 26 heavy (non-hydrogen) atoms. The minimum atomic E-state index is 0.440. The largest absolute Gasteiger partial charge is 0.455 e. The van der Waals surface area contributed by atoms with Crippen molar-refractivity contribution in [2.24, 2.45) is 0 Å². The monoisotopic (exact) mass is 402 g/mol. The fourth-order valence-corrected chi connectivity index (χ4v) is 4.32. The molecular formula is C24H19BrO. The number of para-hydroxylation sites is 1. The molecule has 0 N–H and O–H groups in total. The molecule has 0 spiro atoms. The third-order valence-electron chi connectivity index (χ3n) is 5.25. The highest BCUT2D eigenvalue weighted by molar-refractivity contribution is 9.09. The summed E-state index contributed by atoms with van der Waals surface area (Å²) >= 11 is 3.66. The van der Waals surface area contributed by atoms with Crippen molar-refractivity contribution in [2.75, 3.05) is 0 Å². The number of aryl methyl sites for hydroxylation is 1. The van der Waals surface area contributed by atoms with Gasteiger partial charge in [0.15, 0.2) is 0 Å². The molecule has 2 heteroatoms. The molecule has 0 aliphatic heterocycles. The van der Waals surface area contributed by atoms with Crippen molar-refractivity contribution in [3.63, 3.8) is 0 Å². The molecule has 0 fully saturated rings. The Labute approximate surface area is 161 Å². The quantitative estimate of drug-likeness (QED) is 0.417. The zero-order valence-electron chi connectivity index (χ0n) is 14.4. The molecule has 0 bridgehead atoms. The van der Waals surface area contributed by atoms with Crippen LogP contribution < -0.4 is 0 Å². The van der Waals surface area contributed by atoms with E-state index in [9.17, 15) is 0 Å². The van der Waals surface area contributed by atoms with Crippen LogP contribution in [0.5, 0.6) is 0 Å². The molecule has 128 valence electrons. The van der Waals surface area contributed by atoms with Crippen LogP contribution in [0.15, 0.2) is 82.8 Å². The Morgan fingerprint density at radius 1 is 0.962 bits per heavy atom. The van der Waals surface area contributed by atoms with E-state index in [4.69, 9.17) is 4.42 Å². The first-order chi connectivity index (χ1) is 12.8. The Morgan fingerprint density at radius 2 is 1.85 bits per heavy atom. The van der Waals surface area contributed by atoms with Crippen LogP contribution in [0.3, 0.4) is 0 Å². The molecule has 0 radical (unpaired) electrons. The molecule has 1 unspecified atom stereocenters. The third-order valence-corrected chi connectivity index (χ3v) is 5.93. The third kappa shape index (κ3) is 2.60. The standard InChI is InChI=1S/C24H19BrO/c25-18-14-12-17(13-15-18)20-9-5-11-22-21-10-4-8-19(23(21)26-24(20)22)16-6-2-1-3-7-16/h1-4,6-10,12-14,18H,5,11,15H2. The minimum absolute atomic E-state index is 0.440. The van der Waals surface area contributed by atoms with E-state index in [1.165, 1.54) is 33.2 Å². The van der Waals surface area contributed by atoms with E-state index < -0.39 is 0 Å². The molecule has 2 aliphatic carbocycles. The SMILES string of the molecule is BrC1C=CC(C2=CCCc3c2oc2c(-c4ccccc4)cccc32)=CC1. The van der Waals surface area contributed by atoms with Crippen molar-refractivity contribution >= 4 is 32.5 Å². The zero-order valence-corrected chi connectivity index (χ0v) is 16.0. The van der Waals surface area contributed by atoms with Gasteiger partial charge in [-0.2, -0.15) is 0 Å². The highest BCUT2D eigenvalue weighted by Crippen LogP contribution is 2.42. The topological polar surface area (TPSA) is 13.1 Å². The number of hydrogen-bond acceptors (Lipinski definition) is 1. The van der Waals surface area contributed by atoms with Gasteiger partial charge in [0, 0.05) is 26.9 Å². The van der Waals surface area contributed by atoms with Crippen molar-refractivity contribution in [1.82, 2.24) is 0 Å². The highest BCUT2D eigenvalue weighted by atomic mass is 79.9. The average molecular weight is 403 g/mol. The summed E-state index contributed by atoms with van der Waals surface area (Å²) in [5, 5.41) is 1.26. The first kappa shape index (κ1) is 15.9. The molecular weight excluding hydrogens is 384 g/mol. The number of allylic oxidation sites excluding steroid dienone is 6. The molecule has 1 aromatic heterocycles. The summed E-state index contributed by atoms with van der Waals surface area (Å²) < 4.78 is 6.51. The van der Waals surface area contributed by atoms with Gasteiger partial charge in [-0.1, -0.05) is 88.8 Å². The number of rotatable bonds is 2. The first-order valence-corrected chi connectivity index (χ1v) is 10.1. The van der Waals surface area contributed by atoms with E-state index in [1.54, 1.807) is 0 Å². The summed E-state index contributed by atoms with van der Waals surface area (Å²) in [6.07, 6.45) is 12.2. The smallest absolute Gasteiger partial charge is 0.142 e. The minimum Gasteiger partial charge on any atom is -0.455 e. The van der Waals surface area contributed by atoms with Crippen molar-refractivity contribution in [3.05, 3.63) is 89.7 Å². The van der Waals surface area contributed by atoms with E-state index in [1.807, 2.05) is 0 Å². The van der Waals surface area contributed by atoms with Gasteiger partial charge in [-0.3, -0.25) is 0 Å². The van der Waals surface area contributed by atoms with Gasteiger partial charge in [0.25, 0.3) is 0 Å². The predicted octanol–water partition coefficient (Wildman–Crippen LogP) is 7.08. The van der Waals surface area contributed by atoms with Crippen LogP contribution in [0, 0.1) is 0 Å². The van der Waals surface area contributed by atoms with Gasteiger partial charge in [-0.15, -0.1) is 0 Å². The lowest BCUT2D eigenvalue weighted by Gasteiger charge is -2.17. The lowest BCUT2D eigenvalue weighted by atomic mass is 9.89. The van der Waals surface area contributed by atoms with Crippen LogP contribution in [-0.2, 0) is 6.42 Å². The maximum Gasteiger partial charge on any atom is 0.142 e. The Balaban J connectivity index is 1.68. The van der Waals surface area contributed by atoms with Crippen LogP contribution >= 0.6 is 15.9 Å². The molecule has 1 heterocycles. The first-order valence-electron chi connectivity index (χ1n) is 9.14. The zero-order chi connectivity index (χ0) is 17.5. The Kier molecular flexibility index (Phi) is 3.94. The molecule has 2 aromatic carbocycles. The number of furan rings is 1. The van der Waals surface area contributed by atoms with Crippen LogP contribution in [0.4, 0.5) is 0 Å². The second-order valence-corrected chi connectivity index (χ2v) is 8.06. The Bertz CT molecular complexity index is 1070. The van der Waals surface area contributed by atoms with Gasteiger partial charge in [-0.25, -0.2) is 0 Å². The lowest BCUT2D eigenvalue weighted by molar-refractivity contribution is 0.592. The number of fused-ring (bicyclic) bond motifs is 3. The summed E-state index contributed by atoms with van der Waals surface area (Å²) in [4.78, 5) is 0.440. The van der Waals surface area contributed by atoms with Crippen LogP contribution in [0.2, 0.25) is 0 Å². The summed E-state index contributed by atoms with van der Waals surface area (Å²) in [5.41, 5.74) is 7.26. The fourth-order valence-electron chi connectivity index (χ4n) is 3.98. The van der Waals surface area contributed by atoms with E-state index in [0.29, 0.717) is 4.83 Å². The molecule has 1 atom stereocenters. The van der Waals surface area contributed by atoms with Crippen LogP contribution in [0.1, 0.15) is 24.2 Å². The summed E-state index contributed by atoms with van der Waals surface area (Å²) in [6, 6.07) is 17.0. The second-order valence-electron chi connectivity index (χ2n) is 6.88. The van der Waals surface area contributed by atoms with Gasteiger partial charge < -0.3 is 4.42 Å². The lowest BCUT2D eigenvalue weighted by Crippen LogP contribution is -2.02. The van der Waals surface area contributed by atoms with Crippen LogP contribution in [0.25, 0.3) is 27.7 Å². The van der Waals surface area contributed by atoms with Gasteiger partial charge in [0.05, 0.1) is 0 Å². The maximum atomic E-state index is 6.51. The molecule has 5 rings (SSSR count). The van der Waals surface area contributed by atoms with Crippen molar-refractivity contribution < 1.29 is 4.42 Å². The molecule has 0 saturated heterocycles. The number of benzene rings is 2. The highest BCUT2D eigenvalue weighted by Gasteiger charge is 2.24. The summed E-state index contributed by atoms with van der Waals surface area (Å²) in [5.74, 6) is 1.05. The summed E-state index contributed by atoms with van der Waals surface area (Å²) in [7, 11) is 0. The van der Waals surface area contributed by atoms with Crippen LogP contribution in [-0.4, -0.2) is 4.83 Å². The predicted molar refractivity (Wildman–Crippen MR) is 113 cm³/mol. The maximum absolute atomic E-state index is 6.51. The van der Waals surface area contributed by atoms with Crippen molar-refractivity contribution in [3.8, 4) is 11.1 Å². The molecule has 2 aliphatic rings. The molecule has 1 nitrogen and oxygen atoms in total. The number of alkyl halides is 1. The van der Waals surface area contributed by atoms with Crippen molar-refractivity contribution in [2.45, 2.75) is 24.1 Å². The molecule has 3 aromatic rings. The van der Waals surface area contributed by atoms with E-state index in [2.05, 4.69) is 88.8 Å². The number of hydrogen-bond donors (Lipinski definition) is 0. The van der Waals surface area contributed by atoms with E-state index in [-0.39, 0.29) is 0 Å². The van der Waals surface area contributed by atoms with Gasteiger partial charge in [0.1, 0.15) is 11.3 Å². The van der Waals surface area contributed by atoms with E-state index in [0.717, 1.165) is 30.6 Å². The second kappa shape index (κ2) is 6.44. The number of halogens is 1. The molecule has 0 amide bonds. The molecule has 0 saturated carbocycles. The van der Waals surface area contributed by atoms with Gasteiger partial charge >= 0.3 is 0 Å². The fraction of sp³-hybridized carbons (Fsp3) is 0.167. The van der Waals surface area contributed by atoms with Gasteiger partial charge in [0.2, 0.25) is 0 Å². The van der Waals surface area contributed by atoms with Crippen molar-refractivity contribution in [1.29, 1.82) is 0 Å². The summed E-state index contributed by atoms with van der Waals surface area (Å²) in [6.45, 7) is 0. The van der Waals surface area contributed by atoms with Gasteiger partial charge in [-0.05, 0) is 30.4 Å². The average Bonchev–Trinajstić information content (AvgIpc) is 3.08. The van der Waals surface area contributed by atoms with E-state index >= 15 is 0 Å².